The summed E-state index contributed by atoms with van der Waals surface area (Å²) in [6.07, 6.45) is 3.36. The molecule has 2 aliphatic rings. The van der Waals surface area contributed by atoms with Crippen molar-refractivity contribution in [2.45, 2.75) is 58.3 Å². The number of nitrogens with zero attached hydrogens (tertiary/aromatic N) is 1. The molecule has 7 heteroatoms. The highest BCUT2D eigenvalue weighted by atomic mass is 16.5. The number of furan rings is 1. The van der Waals surface area contributed by atoms with E-state index in [2.05, 4.69) is 36.5 Å². The number of ether oxygens (including phenoxy) is 2. The zero-order chi connectivity index (χ0) is 25.8. The van der Waals surface area contributed by atoms with Crippen molar-refractivity contribution in [3.63, 3.8) is 0 Å². The van der Waals surface area contributed by atoms with Crippen molar-refractivity contribution in [1.29, 1.82) is 0 Å². The Balaban J connectivity index is 1.30. The molecule has 1 aromatic heterocycles. The van der Waals surface area contributed by atoms with Crippen LogP contribution in [0.25, 0.3) is 0 Å². The normalized spacial score (nSPS) is 18.9. The van der Waals surface area contributed by atoms with E-state index in [9.17, 15) is 9.59 Å². The van der Waals surface area contributed by atoms with E-state index in [0.29, 0.717) is 31.0 Å². The smallest absolute Gasteiger partial charge is 0.287 e. The quantitative estimate of drug-likeness (QED) is 0.471. The minimum atomic E-state index is -0.253. The van der Waals surface area contributed by atoms with Crippen LogP contribution in [0.1, 0.15) is 70.8 Å². The summed E-state index contributed by atoms with van der Waals surface area (Å²) in [4.78, 5) is 27.3. The molecule has 0 radical (unpaired) electrons. The van der Waals surface area contributed by atoms with Gasteiger partial charge in [-0.1, -0.05) is 42.8 Å². The fourth-order valence-electron chi connectivity index (χ4n) is 5.19. The van der Waals surface area contributed by atoms with Gasteiger partial charge in [-0.3, -0.25) is 9.59 Å². The van der Waals surface area contributed by atoms with Gasteiger partial charge in [-0.05, 0) is 67.1 Å². The number of hydrogen-bond donors (Lipinski definition) is 1. The molecule has 0 bridgehead atoms. The van der Waals surface area contributed by atoms with Gasteiger partial charge in [-0.2, -0.15) is 0 Å². The van der Waals surface area contributed by atoms with Crippen LogP contribution in [-0.4, -0.2) is 42.5 Å². The Labute approximate surface area is 217 Å². The molecule has 0 unspecified atom stereocenters. The van der Waals surface area contributed by atoms with Crippen LogP contribution in [0.4, 0.5) is 0 Å². The number of rotatable bonds is 8. The monoisotopic (exact) mass is 502 g/mol. The standard InChI is InChI=1S/C30H34N2O5/c1-3-28(33)32-14-13-21-9-10-23(17-26(21)29(32)22-7-4-6-20(2)16-22)36-19-25-11-12-27(37-25)30(34)31-18-24-8-5-15-35-24/h4,6-7,9-12,16-17,24,29H,3,5,8,13-15,18-19H2,1-2H3,(H,31,34)/t24-,29-/m1/s1. The molecule has 1 fully saturated rings. The summed E-state index contributed by atoms with van der Waals surface area (Å²) in [5.41, 5.74) is 4.57. The molecule has 3 heterocycles. The third-order valence-corrected chi connectivity index (χ3v) is 7.11. The van der Waals surface area contributed by atoms with E-state index in [4.69, 9.17) is 13.9 Å². The first-order chi connectivity index (χ1) is 18.0. The van der Waals surface area contributed by atoms with Crippen molar-refractivity contribution >= 4 is 11.8 Å². The van der Waals surface area contributed by atoms with Crippen LogP contribution in [0, 0.1) is 6.92 Å². The van der Waals surface area contributed by atoms with E-state index in [1.807, 2.05) is 30.0 Å². The third-order valence-electron chi connectivity index (χ3n) is 7.11. The highest BCUT2D eigenvalue weighted by Crippen LogP contribution is 2.38. The van der Waals surface area contributed by atoms with Gasteiger partial charge in [0.05, 0.1) is 12.1 Å². The lowest BCUT2D eigenvalue weighted by molar-refractivity contribution is -0.132. The highest BCUT2D eigenvalue weighted by molar-refractivity contribution is 5.91. The van der Waals surface area contributed by atoms with Crippen LogP contribution in [0.5, 0.6) is 5.75 Å². The predicted molar refractivity (Wildman–Crippen MR) is 140 cm³/mol. The molecular formula is C30H34N2O5. The van der Waals surface area contributed by atoms with E-state index in [1.165, 1.54) is 5.56 Å². The van der Waals surface area contributed by atoms with Gasteiger partial charge < -0.3 is 24.1 Å². The first kappa shape index (κ1) is 25.1. The molecule has 0 saturated carbocycles. The average Bonchev–Trinajstić information content (AvgIpc) is 3.62. The minimum absolute atomic E-state index is 0.0814. The van der Waals surface area contributed by atoms with Gasteiger partial charge in [0, 0.05) is 26.1 Å². The molecule has 7 nitrogen and oxygen atoms in total. The van der Waals surface area contributed by atoms with Crippen LogP contribution >= 0.6 is 0 Å². The summed E-state index contributed by atoms with van der Waals surface area (Å²) >= 11 is 0. The van der Waals surface area contributed by atoms with Crippen molar-refractivity contribution < 1.29 is 23.5 Å². The number of benzene rings is 2. The molecule has 2 aromatic carbocycles. The summed E-state index contributed by atoms with van der Waals surface area (Å²) < 4.78 is 17.4. The van der Waals surface area contributed by atoms with Crippen molar-refractivity contribution in [1.82, 2.24) is 10.2 Å². The van der Waals surface area contributed by atoms with Crippen LogP contribution in [-0.2, 0) is 22.6 Å². The predicted octanol–water partition coefficient (Wildman–Crippen LogP) is 4.96. The van der Waals surface area contributed by atoms with Gasteiger partial charge in [0.2, 0.25) is 5.91 Å². The summed E-state index contributed by atoms with van der Waals surface area (Å²) in [6.45, 7) is 6.11. The summed E-state index contributed by atoms with van der Waals surface area (Å²) in [5, 5.41) is 2.87. The molecule has 1 saturated heterocycles. The van der Waals surface area contributed by atoms with Gasteiger partial charge in [0.1, 0.15) is 18.1 Å². The molecule has 2 atom stereocenters. The number of carbonyl (C=O) groups excluding carboxylic acids is 2. The Morgan fingerprint density at radius 1 is 1.14 bits per heavy atom. The number of fused-ring (bicyclic) bond motifs is 1. The maximum absolute atomic E-state index is 12.9. The first-order valence-electron chi connectivity index (χ1n) is 13.1. The Bertz CT molecular complexity index is 1260. The van der Waals surface area contributed by atoms with E-state index in [0.717, 1.165) is 42.6 Å². The number of hydrogen-bond acceptors (Lipinski definition) is 5. The Hall–Kier alpha value is -3.58. The van der Waals surface area contributed by atoms with Gasteiger partial charge in [-0.15, -0.1) is 0 Å². The van der Waals surface area contributed by atoms with Crippen molar-refractivity contribution in [3.8, 4) is 5.75 Å². The largest absolute Gasteiger partial charge is 0.486 e. The summed E-state index contributed by atoms with van der Waals surface area (Å²) in [6, 6.07) is 17.7. The van der Waals surface area contributed by atoms with Gasteiger partial charge in [-0.25, -0.2) is 0 Å². The zero-order valence-corrected chi connectivity index (χ0v) is 21.5. The molecule has 2 aliphatic heterocycles. The number of carbonyl (C=O) groups is 2. The second-order valence-electron chi connectivity index (χ2n) is 9.77. The lowest BCUT2D eigenvalue weighted by Gasteiger charge is -2.38. The van der Waals surface area contributed by atoms with Crippen LogP contribution in [0.2, 0.25) is 0 Å². The second-order valence-corrected chi connectivity index (χ2v) is 9.77. The lowest BCUT2D eigenvalue weighted by Crippen LogP contribution is -2.40. The fourth-order valence-corrected chi connectivity index (χ4v) is 5.19. The van der Waals surface area contributed by atoms with Gasteiger partial charge >= 0.3 is 0 Å². The van der Waals surface area contributed by atoms with Gasteiger partial charge in [0.15, 0.2) is 5.76 Å². The molecule has 5 rings (SSSR count). The van der Waals surface area contributed by atoms with Crippen molar-refractivity contribution in [3.05, 3.63) is 88.4 Å². The lowest BCUT2D eigenvalue weighted by atomic mass is 9.87. The summed E-state index contributed by atoms with van der Waals surface area (Å²) in [7, 11) is 0. The molecule has 2 amide bonds. The molecule has 0 spiro atoms. The Kier molecular flexibility index (Phi) is 7.60. The molecule has 3 aromatic rings. The fraction of sp³-hybridized carbons (Fsp3) is 0.400. The number of aryl methyl sites for hydroxylation is 1. The molecule has 194 valence electrons. The van der Waals surface area contributed by atoms with E-state index in [1.54, 1.807) is 12.1 Å². The topological polar surface area (TPSA) is 81.0 Å². The highest BCUT2D eigenvalue weighted by Gasteiger charge is 2.31. The molecular weight excluding hydrogens is 468 g/mol. The first-order valence-corrected chi connectivity index (χ1v) is 13.1. The SMILES string of the molecule is CCC(=O)N1CCc2ccc(OCc3ccc(C(=O)NC[C@H]4CCCO4)o3)cc2[C@H]1c1cccc(C)c1. The maximum atomic E-state index is 12.9. The van der Waals surface area contributed by atoms with Gasteiger partial charge in [0.25, 0.3) is 5.91 Å². The summed E-state index contributed by atoms with van der Waals surface area (Å²) in [5.74, 6) is 1.41. The average molecular weight is 503 g/mol. The maximum Gasteiger partial charge on any atom is 0.287 e. The van der Waals surface area contributed by atoms with Crippen molar-refractivity contribution in [2.75, 3.05) is 19.7 Å². The third kappa shape index (κ3) is 5.72. The van der Waals surface area contributed by atoms with Crippen LogP contribution in [0.3, 0.4) is 0 Å². The number of nitrogens with one attached hydrogen (secondary N) is 1. The van der Waals surface area contributed by atoms with Crippen molar-refractivity contribution in [2.24, 2.45) is 0 Å². The van der Waals surface area contributed by atoms with E-state index >= 15 is 0 Å². The second kappa shape index (κ2) is 11.2. The number of amides is 2. The van der Waals surface area contributed by atoms with E-state index < -0.39 is 0 Å². The van der Waals surface area contributed by atoms with Crippen LogP contribution < -0.4 is 10.1 Å². The minimum Gasteiger partial charge on any atom is -0.486 e. The Morgan fingerprint density at radius 2 is 2.03 bits per heavy atom. The Morgan fingerprint density at radius 3 is 2.81 bits per heavy atom. The zero-order valence-electron chi connectivity index (χ0n) is 21.5. The molecule has 37 heavy (non-hydrogen) atoms. The van der Waals surface area contributed by atoms with E-state index in [-0.39, 0.29) is 36.3 Å². The van der Waals surface area contributed by atoms with Crippen LogP contribution in [0.15, 0.2) is 59.0 Å². The molecule has 1 N–H and O–H groups in total. The molecule has 0 aliphatic carbocycles.